The summed E-state index contributed by atoms with van der Waals surface area (Å²) in [6.07, 6.45) is 0.0176. The number of halogens is 5. The van der Waals surface area contributed by atoms with Gasteiger partial charge in [-0.2, -0.15) is 0 Å². The van der Waals surface area contributed by atoms with Crippen LogP contribution < -0.4 is 10.1 Å². The van der Waals surface area contributed by atoms with Gasteiger partial charge in [-0.25, -0.2) is 4.98 Å². The highest BCUT2D eigenvalue weighted by Gasteiger charge is 2.21. The maximum atomic E-state index is 12.0. The van der Waals surface area contributed by atoms with E-state index in [-0.39, 0.29) is 43.9 Å². The zero-order valence-corrected chi connectivity index (χ0v) is 18.2. The molecule has 2 rings (SSSR count). The Bertz CT molecular complexity index is 845. The molecule has 6 nitrogen and oxygen atoms in total. The molecule has 0 spiro atoms. The molecule has 0 aliphatic rings. The molecule has 0 saturated carbocycles. The van der Waals surface area contributed by atoms with Gasteiger partial charge in [0.15, 0.2) is 17.5 Å². The van der Waals surface area contributed by atoms with E-state index in [9.17, 15) is 9.59 Å². The van der Waals surface area contributed by atoms with Gasteiger partial charge in [-0.15, -0.1) is 11.3 Å². The van der Waals surface area contributed by atoms with Gasteiger partial charge >= 0.3 is 5.97 Å². The van der Waals surface area contributed by atoms with E-state index in [4.69, 9.17) is 67.5 Å². The molecule has 0 fully saturated rings. The number of benzene rings is 1. The molecule has 0 unspecified atom stereocenters. The molecule has 1 heterocycles. The Hall–Kier alpha value is -0.960. The van der Waals surface area contributed by atoms with Gasteiger partial charge in [-0.05, 0) is 6.92 Å². The van der Waals surface area contributed by atoms with Crippen molar-refractivity contribution in [2.45, 2.75) is 13.3 Å². The molecule has 146 valence electrons. The second-order valence-corrected chi connectivity index (χ2v) is 7.61. The van der Waals surface area contributed by atoms with Crippen LogP contribution >= 0.6 is 69.3 Å². The summed E-state index contributed by atoms with van der Waals surface area (Å²) in [6, 6.07) is 0. The average Bonchev–Trinajstić information content (AvgIpc) is 3.05. The molecule has 0 radical (unpaired) electrons. The number of aromatic nitrogens is 1. The molecule has 2 aromatic rings. The Morgan fingerprint density at radius 3 is 2.26 bits per heavy atom. The summed E-state index contributed by atoms with van der Waals surface area (Å²) in [7, 11) is 0. The highest BCUT2D eigenvalue weighted by atomic mass is 35.5. The summed E-state index contributed by atoms with van der Waals surface area (Å²) in [6.45, 7) is 1.57. The van der Waals surface area contributed by atoms with Gasteiger partial charge in [-0.1, -0.05) is 58.0 Å². The van der Waals surface area contributed by atoms with Crippen molar-refractivity contribution in [3.63, 3.8) is 0 Å². The number of hydrogen-bond acceptors (Lipinski definition) is 6. The summed E-state index contributed by atoms with van der Waals surface area (Å²) in [5.74, 6) is -0.985. The summed E-state index contributed by atoms with van der Waals surface area (Å²) in [5.41, 5.74) is 0.483. The van der Waals surface area contributed by atoms with Crippen LogP contribution in [0.3, 0.4) is 0 Å². The van der Waals surface area contributed by atoms with Crippen LogP contribution in [0.2, 0.25) is 25.1 Å². The van der Waals surface area contributed by atoms with E-state index >= 15 is 0 Å². The summed E-state index contributed by atoms with van der Waals surface area (Å²) >= 11 is 31.0. The standard InChI is InChI=1S/C15H11Cl5N2O4S/c1-2-25-8(24)3-6-5-27-15(21-6)22-7(23)4-26-14-12(19)10(17)9(16)11(18)13(14)20/h5H,2-4H2,1H3,(H,21,22,23). The smallest absolute Gasteiger partial charge is 0.311 e. The Morgan fingerprint density at radius 2 is 1.67 bits per heavy atom. The number of nitrogens with one attached hydrogen (secondary N) is 1. The monoisotopic (exact) mass is 490 g/mol. The fraction of sp³-hybridized carbons (Fsp3) is 0.267. The topological polar surface area (TPSA) is 77.5 Å². The summed E-state index contributed by atoms with van der Waals surface area (Å²) in [5, 5.41) is 4.26. The maximum absolute atomic E-state index is 12.0. The third-order valence-electron chi connectivity index (χ3n) is 2.95. The van der Waals surface area contributed by atoms with Crippen LogP contribution in [0.4, 0.5) is 5.13 Å². The number of esters is 1. The van der Waals surface area contributed by atoms with E-state index in [1.165, 1.54) is 0 Å². The highest BCUT2D eigenvalue weighted by Crippen LogP contribution is 2.48. The van der Waals surface area contributed by atoms with Gasteiger partial charge in [0, 0.05) is 5.38 Å². The third-order valence-corrected chi connectivity index (χ3v) is 5.99. The third kappa shape index (κ3) is 5.76. The predicted molar refractivity (Wildman–Crippen MR) is 108 cm³/mol. The number of nitrogens with zero attached hydrogens (tertiary/aromatic N) is 1. The van der Waals surface area contributed by atoms with Crippen molar-refractivity contribution in [3.8, 4) is 5.75 Å². The molecule has 27 heavy (non-hydrogen) atoms. The molecule has 0 aliphatic carbocycles. The van der Waals surface area contributed by atoms with Gasteiger partial charge in [0.25, 0.3) is 5.91 Å². The van der Waals surface area contributed by atoms with E-state index in [1.807, 2.05) is 0 Å². The van der Waals surface area contributed by atoms with Crippen LogP contribution in [0, 0.1) is 0 Å². The number of ether oxygens (including phenoxy) is 2. The van der Waals surface area contributed by atoms with E-state index in [2.05, 4.69) is 10.3 Å². The van der Waals surface area contributed by atoms with Crippen molar-refractivity contribution in [2.75, 3.05) is 18.5 Å². The largest absolute Gasteiger partial charge is 0.481 e. The fourth-order valence-corrected chi connectivity index (χ4v) is 3.77. The van der Waals surface area contributed by atoms with Crippen molar-refractivity contribution in [3.05, 3.63) is 36.2 Å². The number of hydrogen-bond donors (Lipinski definition) is 1. The molecule has 0 atom stereocenters. The number of thiazole rings is 1. The second-order valence-electron chi connectivity index (χ2n) is 4.86. The minimum Gasteiger partial charge on any atom is -0.481 e. The number of rotatable bonds is 7. The van der Waals surface area contributed by atoms with Crippen LogP contribution in [0.5, 0.6) is 5.75 Å². The fourth-order valence-electron chi connectivity index (χ4n) is 1.81. The lowest BCUT2D eigenvalue weighted by Gasteiger charge is -2.13. The predicted octanol–water partition coefficient (Wildman–Crippen LogP) is 5.53. The van der Waals surface area contributed by atoms with E-state index < -0.39 is 18.5 Å². The molecule has 1 aromatic carbocycles. The lowest BCUT2D eigenvalue weighted by atomic mass is 10.3. The molecular weight excluding hydrogens is 482 g/mol. The molecule has 12 heteroatoms. The SMILES string of the molecule is CCOC(=O)Cc1csc(NC(=O)COc2c(Cl)c(Cl)c(Cl)c(Cl)c2Cl)n1. The van der Waals surface area contributed by atoms with Gasteiger partial charge < -0.3 is 9.47 Å². The van der Waals surface area contributed by atoms with Crippen molar-refractivity contribution >= 4 is 86.3 Å². The Morgan fingerprint density at radius 1 is 1.07 bits per heavy atom. The van der Waals surface area contributed by atoms with Gasteiger partial charge in [0.2, 0.25) is 0 Å². The second kappa shape index (κ2) is 10.0. The van der Waals surface area contributed by atoms with Crippen LogP contribution in [-0.4, -0.2) is 30.1 Å². The number of carbonyl (C=O) groups excluding carboxylic acids is 2. The zero-order valence-electron chi connectivity index (χ0n) is 13.6. The first kappa shape index (κ1) is 22.3. The Kier molecular flexibility index (Phi) is 8.27. The Balaban J connectivity index is 1.98. The molecule has 1 N–H and O–H groups in total. The summed E-state index contributed by atoms with van der Waals surface area (Å²) < 4.78 is 10.2. The van der Waals surface area contributed by atoms with Gasteiger partial charge in [0.1, 0.15) is 10.0 Å². The molecule has 1 amide bonds. The number of anilines is 1. The number of amides is 1. The Labute approximate surface area is 183 Å². The number of carbonyl (C=O) groups is 2. The highest BCUT2D eigenvalue weighted by molar-refractivity contribution is 7.13. The molecule has 0 bridgehead atoms. The van der Waals surface area contributed by atoms with Crippen molar-refractivity contribution in [1.29, 1.82) is 0 Å². The van der Waals surface area contributed by atoms with E-state index in [0.717, 1.165) is 11.3 Å². The summed E-state index contributed by atoms with van der Waals surface area (Å²) in [4.78, 5) is 27.6. The zero-order chi connectivity index (χ0) is 20.1. The quantitative estimate of drug-likeness (QED) is 0.312. The van der Waals surface area contributed by atoms with Crippen molar-refractivity contribution in [1.82, 2.24) is 4.98 Å². The average molecular weight is 493 g/mol. The lowest BCUT2D eigenvalue weighted by Crippen LogP contribution is -2.20. The molecule has 1 aromatic heterocycles. The lowest BCUT2D eigenvalue weighted by molar-refractivity contribution is -0.142. The van der Waals surface area contributed by atoms with Crippen LogP contribution in [0.1, 0.15) is 12.6 Å². The minimum atomic E-state index is -0.527. The molecule has 0 saturated heterocycles. The first-order valence-corrected chi connectivity index (χ1v) is 10.1. The maximum Gasteiger partial charge on any atom is 0.311 e. The van der Waals surface area contributed by atoms with E-state index in [1.54, 1.807) is 12.3 Å². The molecule has 0 aliphatic heterocycles. The van der Waals surface area contributed by atoms with Gasteiger partial charge in [0.05, 0.1) is 33.8 Å². The van der Waals surface area contributed by atoms with Crippen molar-refractivity contribution < 1.29 is 19.1 Å². The van der Waals surface area contributed by atoms with Crippen LogP contribution in [-0.2, 0) is 20.7 Å². The minimum absolute atomic E-state index is 0.0120. The van der Waals surface area contributed by atoms with Crippen LogP contribution in [0.25, 0.3) is 0 Å². The first-order valence-electron chi connectivity index (χ1n) is 7.28. The first-order chi connectivity index (χ1) is 12.7. The van der Waals surface area contributed by atoms with Gasteiger partial charge in [-0.3, -0.25) is 14.9 Å². The van der Waals surface area contributed by atoms with E-state index in [0.29, 0.717) is 10.8 Å². The van der Waals surface area contributed by atoms with Crippen LogP contribution in [0.15, 0.2) is 5.38 Å². The molecular formula is C15H11Cl5N2O4S. The normalized spacial score (nSPS) is 10.6. The van der Waals surface area contributed by atoms with Crippen molar-refractivity contribution in [2.24, 2.45) is 0 Å².